The van der Waals surface area contributed by atoms with E-state index in [1.165, 1.54) is 25.7 Å². The molecule has 2 aliphatic rings. The van der Waals surface area contributed by atoms with E-state index in [4.69, 9.17) is 14.2 Å². The van der Waals surface area contributed by atoms with Gasteiger partial charge in [0.25, 0.3) is 0 Å². The average molecular weight is 516 g/mol. The first-order chi connectivity index (χ1) is 17.2. The molecule has 2 aromatic rings. The summed E-state index contributed by atoms with van der Waals surface area (Å²) in [6.07, 6.45) is 5.31. The minimum Gasteiger partial charge on any atom is -0.493 e. The molecule has 2 saturated carbocycles. The Morgan fingerprint density at radius 2 is 1.42 bits per heavy atom. The molecule has 2 fully saturated rings. The van der Waals surface area contributed by atoms with Crippen molar-refractivity contribution in [2.45, 2.75) is 58.9 Å². The molecule has 0 unspecified atom stereocenters. The molecular weight excluding hydrogens is 474 g/mol. The molecule has 4 rings (SSSR count). The molecule has 7 heteroatoms. The predicted octanol–water partition coefficient (Wildman–Crippen LogP) is 5.73. The van der Waals surface area contributed by atoms with Crippen LogP contribution in [0, 0.1) is 17.3 Å². The van der Waals surface area contributed by atoms with Crippen LogP contribution in [0.25, 0.3) is 0 Å². The fraction of sp³-hybridized carbons (Fsp3) is 0.586. The lowest BCUT2D eigenvalue weighted by atomic mass is 9.99. The van der Waals surface area contributed by atoms with Gasteiger partial charge in [-0.05, 0) is 84.7 Å². The maximum absolute atomic E-state index is 13.1. The Hall–Kier alpha value is -2.09. The van der Waals surface area contributed by atoms with Crippen LogP contribution in [0.2, 0.25) is 0 Å². The Labute approximate surface area is 216 Å². The van der Waals surface area contributed by atoms with Crippen LogP contribution in [0.4, 0.5) is 0 Å². The van der Waals surface area contributed by atoms with Crippen LogP contribution >= 0.6 is 0 Å². The molecule has 36 heavy (non-hydrogen) atoms. The normalized spacial score (nSPS) is 16.3. The van der Waals surface area contributed by atoms with Crippen molar-refractivity contribution in [3.63, 3.8) is 0 Å². The van der Waals surface area contributed by atoms with E-state index < -0.39 is 16.1 Å². The summed E-state index contributed by atoms with van der Waals surface area (Å²) in [4.78, 5) is 0. The standard InChI is InChI=1S/C29H41NO5S/c1-29(2,3)21-33-15-6-16-36(31,32)30-28(24-7-4-9-26(17-24)34-19-22-11-12-22)25-8-5-10-27(18-25)35-20-23-13-14-23/h4-5,7-10,17-18,22-23,28,30H,6,11-16,19-21H2,1-3H3. The number of hydrogen-bond donors (Lipinski definition) is 1. The van der Waals surface area contributed by atoms with Gasteiger partial charge in [-0.3, -0.25) is 0 Å². The number of rotatable bonds is 15. The number of benzene rings is 2. The number of ether oxygens (including phenoxy) is 3. The van der Waals surface area contributed by atoms with Gasteiger partial charge in [0.15, 0.2) is 0 Å². The zero-order valence-corrected chi connectivity index (χ0v) is 22.7. The van der Waals surface area contributed by atoms with Crippen molar-refractivity contribution >= 4 is 10.0 Å². The van der Waals surface area contributed by atoms with Crippen molar-refractivity contribution in [1.82, 2.24) is 4.72 Å². The molecule has 0 spiro atoms. The van der Waals surface area contributed by atoms with Crippen LogP contribution in [0.15, 0.2) is 48.5 Å². The van der Waals surface area contributed by atoms with Crippen molar-refractivity contribution in [3.8, 4) is 11.5 Å². The number of hydrogen-bond acceptors (Lipinski definition) is 5. The fourth-order valence-corrected chi connectivity index (χ4v) is 5.11. The molecule has 0 bridgehead atoms. The molecule has 0 heterocycles. The third-order valence-electron chi connectivity index (χ3n) is 6.28. The SMILES string of the molecule is CC(C)(C)COCCCS(=O)(=O)NC(c1cccc(OCC2CC2)c1)c1cccc(OCC2CC2)c1. The van der Waals surface area contributed by atoms with Gasteiger partial charge in [-0.2, -0.15) is 0 Å². The predicted molar refractivity (Wildman–Crippen MR) is 143 cm³/mol. The van der Waals surface area contributed by atoms with Gasteiger partial charge >= 0.3 is 0 Å². The van der Waals surface area contributed by atoms with E-state index in [0.717, 1.165) is 22.6 Å². The smallest absolute Gasteiger partial charge is 0.212 e. The largest absolute Gasteiger partial charge is 0.493 e. The Balaban J connectivity index is 1.47. The van der Waals surface area contributed by atoms with Gasteiger partial charge in [0, 0.05) is 6.61 Å². The zero-order chi connectivity index (χ0) is 25.6. The van der Waals surface area contributed by atoms with Gasteiger partial charge in [0.05, 0.1) is 31.6 Å². The molecule has 0 saturated heterocycles. The van der Waals surface area contributed by atoms with E-state index in [1.807, 2.05) is 48.5 Å². The third-order valence-corrected chi connectivity index (χ3v) is 7.70. The summed E-state index contributed by atoms with van der Waals surface area (Å²) >= 11 is 0. The first kappa shape index (κ1) is 27.0. The second-order valence-corrected chi connectivity index (χ2v) is 13.4. The second kappa shape index (κ2) is 12.0. The van der Waals surface area contributed by atoms with E-state index >= 15 is 0 Å². The van der Waals surface area contributed by atoms with Crippen LogP contribution in [0.5, 0.6) is 11.5 Å². The van der Waals surface area contributed by atoms with Crippen LogP contribution < -0.4 is 14.2 Å². The molecule has 198 valence electrons. The molecule has 0 aliphatic heterocycles. The second-order valence-electron chi connectivity index (χ2n) is 11.5. The van der Waals surface area contributed by atoms with E-state index in [0.29, 0.717) is 44.7 Å². The minimum atomic E-state index is -3.56. The quantitative estimate of drug-likeness (QED) is 0.307. The molecule has 1 N–H and O–H groups in total. The van der Waals surface area contributed by atoms with Crippen molar-refractivity contribution < 1.29 is 22.6 Å². The van der Waals surface area contributed by atoms with Gasteiger partial charge < -0.3 is 14.2 Å². The lowest BCUT2D eigenvalue weighted by Crippen LogP contribution is -2.32. The molecular formula is C29H41NO5S. The number of nitrogens with one attached hydrogen (secondary N) is 1. The van der Waals surface area contributed by atoms with Crippen LogP contribution in [-0.2, 0) is 14.8 Å². The van der Waals surface area contributed by atoms with Gasteiger partial charge in [-0.25, -0.2) is 13.1 Å². The van der Waals surface area contributed by atoms with E-state index in [1.54, 1.807) is 0 Å². The molecule has 0 atom stereocenters. The molecule has 0 radical (unpaired) electrons. The Kier molecular flexibility index (Phi) is 8.96. The highest BCUT2D eigenvalue weighted by atomic mass is 32.2. The van der Waals surface area contributed by atoms with E-state index in [-0.39, 0.29) is 11.2 Å². The topological polar surface area (TPSA) is 73.9 Å². The summed E-state index contributed by atoms with van der Waals surface area (Å²) in [7, 11) is -3.56. The van der Waals surface area contributed by atoms with E-state index in [2.05, 4.69) is 25.5 Å². The Morgan fingerprint density at radius 1 is 0.889 bits per heavy atom. The first-order valence-corrected chi connectivity index (χ1v) is 14.9. The van der Waals surface area contributed by atoms with Crippen LogP contribution in [0.3, 0.4) is 0 Å². The van der Waals surface area contributed by atoms with Gasteiger partial charge in [0.2, 0.25) is 10.0 Å². The number of sulfonamides is 1. The molecule has 6 nitrogen and oxygen atoms in total. The lowest BCUT2D eigenvalue weighted by molar-refractivity contribution is 0.0720. The van der Waals surface area contributed by atoms with Crippen LogP contribution in [-0.4, -0.2) is 40.6 Å². The van der Waals surface area contributed by atoms with Crippen molar-refractivity contribution in [1.29, 1.82) is 0 Å². The molecule has 0 aromatic heterocycles. The summed E-state index contributed by atoms with van der Waals surface area (Å²) in [5.41, 5.74) is 1.74. The molecule has 2 aromatic carbocycles. The van der Waals surface area contributed by atoms with Gasteiger partial charge in [-0.1, -0.05) is 45.0 Å². The first-order valence-electron chi connectivity index (χ1n) is 13.2. The fourth-order valence-electron chi connectivity index (χ4n) is 3.86. The highest BCUT2D eigenvalue weighted by Crippen LogP contribution is 2.33. The van der Waals surface area contributed by atoms with Gasteiger partial charge in [0.1, 0.15) is 11.5 Å². The highest BCUT2D eigenvalue weighted by molar-refractivity contribution is 7.89. The summed E-state index contributed by atoms with van der Waals surface area (Å²) in [5.74, 6) is 2.82. The average Bonchev–Trinajstić information content (AvgIpc) is 3.74. The zero-order valence-electron chi connectivity index (χ0n) is 21.9. The lowest BCUT2D eigenvalue weighted by Gasteiger charge is -2.22. The molecule has 0 amide bonds. The minimum absolute atomic E-state index is 0.00336. The Bertz CT molecular complexity index is 1030. The monoisotopic (exact) mass is 515 g/mol. The van der Waals surface area contributed by atoms with E-state index in [9.17, 15) is 8.42 Å². The highest BCUT2D eigenvalue weighted by Gasteiger charge is 2.25. The summed E-state index contributed by atoms with van der Waals surface area (Å²) < 4.78 is 46.9. The maximum Gasteiger partial charge on any atom is 0.212 e. The van der Waals surface area contributed by atoms with Gasteiger partial charge in [-0.15, -0.1) is 0 Å². The van der Waals surface area contributed by atoms with Crippen molar-refractivity contribution in [2.75, 3.05) is 32.2 Å². The van der Waals surface area contributed by atoms with Crippen molar-refractivity contribution in [2.24, 2.45) is 17.3 Å². The maximum atomic E-state index is 13.1. The Morgan fingerprint density at radius 3 is 1.89 bits per heavy atom. The third kappa shape index (κ3) is 9.41. The van der Waals surface area contributed by atoms with Crippen molar-refractivity contribution in [3.05, 3.63) is 59.7 Å². The summed E-state index contributed by atoms with van der Waals surface area (Å²) in [6, 6.07) is 14.9. The van der Waals surface area contributed by atoms with Crippen LogP contribution in [0.1, 0.15) is 70.0 Å². The molecule has 2 aliphatic carbocycles. The summed E-state index contributed by atoms with van der Waals surface area (Å²) in [6.45, 7) is 8.72. The summed E-state index contributed by atoms with van der Waals surface area (Å²) in [5, 5.41) is 0.